The molecule has 0 N–H and O–H groups in total. The first kappa shape index (κ1) is 16.3. The van der Waals surface area contributed by atoms with Gasteiger partial charge in [-0.1, -0.05) is 30.3 Å². The Morgan fingerprint density at radius 1 is 1.38 bits per heavy atom. The van der Waals surface area contributed by atoms with E-state index in [2.05, 4.69) is 14.9 Å². The minimum absolute atomic E-state index is 0.108. The second kappa shape index (κ2) is 6.61. The maximum absolute atomic E-state index is 14.6. The maximum Gasteiger partial charge on any atom is 0.190 e. The lowest BCUT2D eigenvalue weighted by Crippen LogP contribution is -2.37. The Balaban J connectivity index is 1.99. The number of aromatic nitrogens is 3. The van der Waals surface area contributed by atoms with Crippen LogP contribution in [0.2, 0.25) is 5.15 Å². The molecular formula is C16H18ClFN4OS. The van der Waals surface area contributed by atoms with E-state index in [9.17, 15) is 4.39 Å². The highest BCUT2D eigenvalue weighted by Gasteiger charge is 2.31. The first-order valence-electron chi connectivity index (χ1n) is 8.21. The van der Waals surface area contributed by atoms with E-state index < -0.39 is 5.82 Å². The van der Waals surface area contributed by atoms with Gasteiger partial charge in [0.05, 0.1) is 23.7 Å². The molecule has 1 atom stereocenters. The number of halogens is 2. The van der Waals surface area contributed by atoms with E-state index >= 15 is 0 Å². The zero-order chi connectivity index (χ0) is 16.7. The summed E-state index contributed by atoms with van der Waals surface area (Å²) in [5, 5.41) is 1.18. The number of hydrogen-bond acceptors (Lipinski definition) is 6. The molecule has 1 fully saturated rings. The van der Waals surface area contributed by atoms with Crippen molar-refractivity contribution in [3.8, 4) is 0 Å². The number of hydrogen-bond donors (Lipinski definition) is 0. The third kappa shape index (κ3) is 2.72. The monoisotopic (exact) mass is 368 g/mol. The molecule has 1 unspecified atom stereocenters. The van der Waals surface area contributed by atoms with Gasteiger partial charge in [-0.3, -0.25) is 0 Å². The van der Waals surface area contributed by atoms with Crippen molar-refractivity contribution in [1.29, 1.82) is 0 Å². The lowest BCUT2D eigenvalue weighted by molar-refractivity contribution is 0.132. The first-order valence-corrected chi connectivity index (χ1v) is 9.58. The molecule has 0 spiro atoms. The smallest absolute Gasteiger partial charge is 0.190 e. The van der Waals surface area contributed by atoms with Crippen molar-refractivity contribution in [3.05, 3.63) is 16.7 Å². The van der Waals surface area contributed by atoms with Crippen molar-refractivity contribution in [2.45, 2.75) is 37.4 Å². The number of nitrogens with zero attached hydrogens (tertiary/aromatic N) is 4. The minimum Gasteiger partial charge on any atom is -0.379 e. The third-order valence-electron chi connectivity index (χ3n) is 4.48. The molecule has 24 heavy (non-hydrogen) atoms. The van der Waals surface area contributed by atoms with E-state index in [-0.39, 0.29) is 16.7 Å². The van der Waals surface area contributed by atoms with Crippen molar-refractivity contribution >= 4 is 40.1 Å². The van der Waals surface area contributed by atoms with Crippen LogP contribution >= 0.6 is 23.4 Å². The SMILES string of the molecule is CCSc1nc2c3c(nc(Cl)c(F)c3n1)CCC1COCCCN21. The average molecular weight is 369 g/mol. The van der Waals surface area contributed by atoms with E-state index in [0.29, 0.717) is 17.1 Å². The Kier molecular flexibility index (Phi) is 4.49. The van der Waals surface area contributed by atoms with Crippen LogP contribution in [0.4, 0.5) is 10.2 Å². The topological polar surface area (TPSA) is 51.1 Å². The molecular weight excluding hydrogens is 351 g/mol. The van der Waals surface area contributed by atoms with Crippen LogP contribution in [-0.4, -0.2) is 46.5 Å². The third-order valence-corrected chi connectivity index (χ3v) is 5.46. The summed E-state index contributed by atoms with van der Waals surface area (Å²) < 4.78 is 20.4. The van der Waals surface area contributed by atoms with Crippen molar-refractivity contribution < 1.29 is 9.13 Å². The van der Waals surface area contributed by atoms with Gasteiger partial charge in [0.25, 0.3) is 0 Å². The molecule has 128 valence electrons. The number of pyridine rings is 1. The van der Waals surface area contributed by atoms with Crippen LogP contribution in [-0.2, 0) is 11.2 Å². The number of aryl methyl sites for hydroxylation is 1. The molecule has 8 heteroatoms. The predicted octanol–water partition coefficient (Wildman–Crippen LogP) is 3.47. The Hall–Kier alpha value is -1.18. The molecule has 2 aromatic rings. The highest BCUT2D eigenvalue weighted by molar-refractivity contribution is 7.99. The highest BCUT2D eigenvalue weighted by atomic mass is 35.5. The highest BCUT2D eigenvalue weighted by Crippen LogP contribution is 2.37. The van der Waals surface area contributed by atoms with E-state index in [1.807, 2.05) is 6.92 Å². The van der Waals surface area contributed by atoms with Crippen LogP contribution in [0.5, 0.6) is 0 Å². The zero-order valence-corrected chi connectivity index (χ0v) is 15.0. The number of rotatable bonds is 2. The van der Waals surface area contributed by atoms with Crippen LogP contribution in [0.1, 0.15) is 25.5 Å². The predicted molar refractivity (Wildman–Crippen MR) is 93.6 cm³/mol. The van der Waals surface area contributed by atoms with Crippen LogP contribution in [0, 0.1) is 5.82 Å². The molecule has 1 saturated heterocycles. The Labute approximate surface area is 149 Å². The van der Waals surface area contributed by atoms with Gasteiger partial charge in [0.15, 0.2) is 16.1 Å². The zero-order valence-electron chi connectivity index (χ0n) is 13.4. The molecule has 2 aliphatic heterocycles. The lowest BCUT2D eigenvalue weighted by Gasteiger charge is -2.29. The van der Waals surface area contributed by atoms with Crippen molar-refractivity contribution in [2.24, 2.45) is 0 Å². The Bertz CT molecular complexity index is 790. The summed E-state index contributed by atoms with van der Waals surface area (Å²) in [6.45, 7) is 4.28. The van der Waals surface area contributed by atoms with Gasteiger partial charge in [-0.15, -0.1) is 0 Å². The summed E-state index contributed by atoms with van der Waals surface area (Å²) in [5.41, 5.74) is 1.07. The average Bonchev–Trinajstić information content (AvgIpc) is 2.88. The summed E-state index contributed by atoms with van der Waals surface area (Å²) in [7, 11) is 0. The minimum atomic E-state index is -0.554. The van der Waals surface area contributed by atoms with Crippen molar-refractivity contribution in [3.63, 3.8) is 0 Å². The van der Waals surface area contributed by atoms with Crippen LogP contribution in [0.3, 0.4) is 0 Å². The van der Waals surface area contributed by atoms with Gasteiger partial charge in [-0.2, -0.15) is 0 Å². The molecule has 0 aliphatic carbocycles. The standard InChI is InChI=1S/C16H18ClFN4OS/c1-2-24-16-20-13-11-10(19-14(17)12(13)18)5-4-9-8-23-7-3-6-22(9)15(11)21-16/h9H,2-8H2,1H3. The fourth-order valence-corrected chi connectivity index (χ4v) is 4.16. The van der Waals surface area contributed by atoms with Crippen LogP contribution in [0.25, 0.3) is 10.9 Å². The molecule has 0 bridgehead atoms. The van der Waals surface area contributed by atoms with E-state index in [0.717, 1.165) is 49.7 Å². The van der Waals surface area contributed by atoms with Crippen molar-refractivity contribution in [1.82, 2.24) is 15.0 Å². The molecule has 2 aromatic heterocycles. The summed E-state index contributed by atoms with van der Waals surface area (Å²) in [6, 6.07) is 0.223. The largest absolute Gasteiger partial charge is 0.379 e. The van der Waals surface area contributed by atoms with Gasteiger partial charge in [0, 0.05) is 13.2 Å². The summed E-state index contributed by atoms with van der Waals surface area (Å²) in [5.74, 6) is 1.05. The van der Waals surface area contributed by atoms with Gasteiger partial charge in [0.1, 0.15) is 11.3 Å². The fraction of sp³-hybridized carbons (Fsp3) is 0.562. The Morgan fingerprint density at radius 2 is 2.25 bits per heavy atom. The number of anilines is 1. The molecule has 2 aliphatic rings. The summed E-state index contributed by atoms with van der Waals surface area (Å²) in [4.78, 5) is 15.7. The van der Waals surface area contributed by atoms with Gasteiger partial charge in [-0.05, 0) is 25.0 Å². The van der Waals surface area contributed by atoms with Gasteiger partial charge in [0.2, 0.25) is 0 Å². The molecule has 0 radical (unpaired) electrons. The van der Waals surface area contributed by atoms with Crippen LogP contribution in [0.15, 0.2) is 5.16 Å². The van der Waals surface area contributed by atoms with Gasteiger partial charge < -0.3 is 9.64 Å². The van der Waals surface area contributed by atoms with Gasteiger partial charge in [-0.25, -0.2) is 19.3 Å². The molecule has 0 amide bonds. The molecule has 0 saturated carbocycles. The number of thioether (sulfide) groups is 1. The molecule has 5 nitrogen and oxygen atoms in total. The van der Waals surface area contributed by atoms with E-state index in [4.69, 9.17) is 21.3 Å². The second-order valence-corrected chi connectivity index (χ2v) is 7.55. The number of fused-ring (bicyclic) bond motifs is 2. The molecule has 0 aromatic carbocycles. The first-order chi connectivity index (χ1) is 11.7. The fourth-order valence-electron chi connectivity index (χ4n) is 3.41. The van der Waals surface area contributed by atoms with Crippen LogP contribution < -0.4 is 4.90 Å². The van der Waals surface area contributed by atoms with E-state index in [1.54, 1.807) is 0 Å². The normalized spacial score (nSPS) is 20.6. The summed E-state index contributed by atoms with van der Waals surface area (Å²) >= 11 is 7.52. The molecule has 4 heterocycles. The molecule has 4 rings (SSSR count). The Morgan fingerprint density at radius 3 is 3.08 bits per heavy atom. The number of ether oxygens (including phenoxy) is 1. The summed E-state index contributed by atoms with van der Waals surface area (Å²) in [6.07, 6.45) is 2.53. The lowest BCUT2D eigenvalue weighted by atomic mass is 10.1. The van der Waals surface area contributed by atoms with Crippen molar-refractivity contribution in [2.75, 3.05) is 30.4 Å². The van der Waals surface area contributed by atoms with Gasteiger partial charge >= 0.3 is 0 Å². The maximum atomic E-state index is 14.6. The van der Waals surface area contributed by atoms with E-state index in [1.165, 1.54) is 11.8 Å². The quantitative estimate of drug-likeness (QED) is 0.459. The second-order valence-electron chi connectivity index (χ2n) is 5.96.